The molecule has 0 aromatic heterocycles. The van der Waals surface area contributed by atoms with Crippen LogP contribution in [0, 0.1) is 0 Å². The molecule has 4 rings (SSSR count). The maximum Gasteiger partial charge on any atom is 0.328 e. The highest BCUT2D eigenvalue weighted by molar-refractivity contribution is 6.23. The van der Waals surface area contributed by atoms with Crippen LogP contribution in [0.5, 0.6) is 11.5 Å². The van der Waals surface area contributed by atoms with Gasteiger partial charge in [-0.15, -0.1) is 0 Å². The van der Waals surface area contributed by atoms with Crippen molar-refractivity contribution in [1.82, 2.24) is 10.2 Å². The van der Waals surface area contributed by atoms with Crippen molar-refractivity contribution < 1.29 is 28.6 Å². The van der Waals surface area contributed by atoms with Gasteiger partial charge < -0.3 is 29.3 Å². The van der Waals surface area contributed by atoms with Crippen LogP contribution in [0.4, 0.5) is 5.69 Å². The van der Waals surface area contributed by atoms with Crippen LogP contribution >= 0.6 is 11.8 Å². The number of nitrogens with one attached hydrogen (secondary N) is 1. The molecule has 1 atom stereocenters. The van der Waals surface area contributed by atoms with Crippen LogP contribution < -0.4 is 19.7 Å². The van der Waals surface area contributed by atoms with Gasteiger partial charge in [0.25, 0.3) is 5.91 Å². The van der Waals surface area contributed by atoms with Crippen LogP contribution in [0.15, 0.2) is 28.8 Å². The molecule has 0 aliphatic carbocycles. The monoisotopic (exact) mass is 598 g/mol. The Bertz CT molecular complexity index is 1420. The Balaban J connectivity index is 1.70. The molecule has 0 fully saturated rings. The largest absolute Gasteiger partial charge is 0.493 e. The third-order valence-corrected chi connectivity index (χ3v) is 7.64. The number of ketones is 1. The van der Waals surface area contributed by atoms with Crippen LogP contribution in [0.25, 0.3) is 0 Å². The fraction of sp³-hybridized carbons (Fsp3) is 0.484. The lowest BCUT2D eigenvalue weighted by atomic mass is 9.84. The zero-order valence-electron chi connectivity index (χ0n) is 25.3. The first kappa shape index (κ1) is 31.2. The molecule has 1 unspecified atom stereocenters. The lowest BCUT2D eigenvalue weighted by Crippen LogP contribution is -2.45. The van der Waals surface area contributed by atoms with Crippen LogP contribution in [-0.2, 0) is 21.5 Å². The molecule has 10 nitrogen and oxygen atoms in total. The SMILES string of the molecule is CCOC(=O)C(C)N1CCOc2c1cc(C(=O)CN1Cc3cc(OCC)c(C(=O)NC)cc3/C1=N/Cl)cc2C(C)(C)C. The van der Waals surface area contributed by atoms with E-state index < -0.39 is 6.04 Å². The summed E-state index contributed by atoms with van der Waals surface area (Å²) in [5.74, 6) is 0.751. The number of rotatable bonds is 9. The van der Waals surface area contributed by atoms with Crippen molar-refractivity contribution in [3.8, 4) is 11.5 Å². The van der Waals surface area contributed by atoms with E-state index in [0.717, 1.165) is 11.1 Å². The van der Waals surface area contributed by atoms with E-state index in [0.29, 0.717) is 66.0 Å². The van der Waals surface area contributed by atoms with Gasteiger partial charge in [-0.1, -0.05) is 20.8 Å². The van der Waals surface area contributed by atoms with Gasteiger partial charge >= 0.3 is 5.97 Å². The first-order valence-corrected chi connectivity index (χ1v) is 14.5. The number of ether oxygens (including phenoxy) is 3. The number of fused-ring (bicyclic) bond motifs is 2. The Morgan fingerprint density at radius 1 is 1.14 bits per heavy atom. The summed E-state index contributed by atoms with van der Waals surface area (Å²) in [4.78, 5) is 42.9. The van der Waals surface area contributed by atoms with Gasteiger partial charge in [0.2, 0.25) is 0 Å². The van der Waals surface area contributed by atoms with Gasteiger partial charge in [0, 0.05) is 42.1 Å². The minimum absolute atomic E-state index is 0.00380. The topological polar surface area (TPSA) is 110 Å². The number of carbonyl (C=O) groups excluding carboxylic acids is 3. The van der Waals surface area contributed by atoms with Crippen LogP contribution in [0.2, 0.25) is 0 Å². The standard InChI is InChI=1S/C31H39ClN4O6/c1-8-40-26-14-20-16-35(28(34-32)21(20)15-22(26)29(38)33-7)17-25(37)19-12-23(31(4,5)6)27-24(13-19)36(10-11-42-27)18(3)30(39)41-9-2/h12-15,18H,8-11,16-17H2,1-7H3,(H,33,38)/b34-28-. The molecule has 2 aromatic carbocycles. The molecular formula is C31H39ClN4O6. The second kappa shape index (κ2) is 12.6. The average Bonchev–Trinajstić information content (AvgIpc) is 3.30. The molecule has 0 radical (unpaired) electrons. The molecule has 0 saturated heterocycles. The number of esters is 1. The molecule has 2 aliphatic heterocycles. The molecule has 11 heteroatoms. The highest BCUT2D eigenvalue weighted by Gasteiger charge is 2.35. The molecule has 2 heterocycles. The lowest BCUT2D eigenvalue weighted by molar-refractivity contribution is -0.144. The van der Waals surface area contributed by atoms with Crippen molar-refractivity contribution in [3.63, 3.8) is 0 Å². The zero-order valence-corrected chi connectivity index (χ0v) is 26.1. The second-order valence-corrected chi connectivity index (χ2v) is 11.5. The summed E-state index contributed by atoms with van der Waals surface area (Å²) < 4.78 is 21.1. The van der Waals surface area contributed by atoms with Gasteiger partial charge in [0.05, 0.1) is 37.6 Å². The number of halogens is 1. The Morgan fingerprint density at radius 3 is 2.50 bits per heavy atom. The van der Waals surface area contributed by atoms with Crippen LogP contribution in [-0.4, -0.2) is 74.4 Å². The van der Waals surface area contributed by atoms with E-state index in [4.69, 9.17) is 26.0 Å². The summed E-state index contributed by atoms with van der Waals surface area (Å²) >= 11 is 6.05. The number of hydrogen-bond acceptors (Lipinski definition) is 8. The van der Waals surface area contributed by atoms with Crippen molar-refractivity contribution in [2.45, 2.75) is 59.5 Å². The van der Waals surface area contributed by atoms with E-state index in [1.54, 1.807) is 44.0 Å². The van der Waals surface area contributed by atoms with E-state index in [9.17, 15) is 14.4 Å². The summed E-state index contributed by atoms with van der Waals surface area (Å²) in [6.07, 6.45) is 0. The Labute approximate surface area is 252 Å². The number of Topliss-reactive ketones (excluding diaryl/α,β-unsaturated/α-hetero) is 1. The normalized spacial score (nSPS) is 16.0. The molecule has 0 bridgehead atoms. The molecule has 1 amide bonds. The highest BCUT2D eigenvalue weighted by atomic mass is 35.5. The maximum absolute atomic E-state index is 13.9. The van der Waals surface area contributed by atoms with E-state index in [2.05, 4.69) is 30.6 Å². The number of carbonyl (C=O) groups is 3. The van der Waals surface area contributed by atoms with Crippen molar-refractivity contribution in [3.05, 3.63) is 52.1 Å². The van der Waals surface area contributed by atoms with E-state index in [-0.39, 0.29) is 36.2 Å². The van der Waals surface area contributed by atoms with Crippen LogP contribution in [0.1, 0.15) is 78.9 Å². The minimum atomic E-state index is -0.553. The smallest absolute Gasteiger partial charge is 0.328 e. The quantitative estimate of drug-likeness (QED) is 0.332. The number of hydrogen-bond donors (Lipinski definition) is 1. The Morgan fingerprint density at radius 2 is 1.88 bits per heavy atom. The molecule has 0 saturated carbocycles. The fourth-order valence-electron chi connectivity index (χ4n) is 5.35. The third kappa shape index (κ3) is 6.04. The maximum atomic E-state index is 13.9. The number of anilines is 1. The predicted molar refractivity (Wildman–Crippen MR) is 162 cm³/mol. The minimum Gasteiger partial charge on any atom is -0.493 e. The fourth-order valence-corrected chi connectivity index (χ4v) is 5.55. The molecule has 2 aromatic rings. The summed E-state index contributed by atoms with van der Waals surface area (Å²) in [5.41, 5.74) is 3.59. The zero-order chi connectivity index (χ0) is 30.8. The summed E-state index contributed by atoms with van der Waals surface area (Å²) in [6.45, 7) is 13.5. The molecule has 226 valence electrons. The Kier molecular flexibility index (Phi) is 9.35. The molecule has 1 N–H and O–H groups in total. The molecular weight excluding hydrogens is 560 g/mol. The second-order valence-electron chi connectivity index (χ2n) is 11.3. The molecule has 42 heavy (non-hydrogen) atoms. The molecule has 0 spiro atoms. The van der Waals surface area contributed by atoms with Gasteiger partial charge in [-0.25, -0.2) is 4.79 Å². The van der Waals surface area contributed by atoms with Gasteiger partial charge in [-0.2, -0.15) is 4.51 Å². The van der Waals surface area contributed by atoms with Crippen LogP contribution in [0.3, 0.4) is 0 Å². The van der Waals surface area contributed by atoms with Gasteiger partial charge in [-0.3, -0.25) is 9.59 Å². The van der Waals surface area contributed by atoms with Crippen molar-refractivity contribution in [2.24, 2.45) is 4.51 Å². The first-order chi connectivity index (χ1) is 19.9. The van der Waals surface area contributed by atoms with Gasteiger partial charge in [0.15, 0.2) is 11.6 Å². The van der Waals surface area contributed by atoms with Crippen molar-refractivity contribution in [1.29, 1.82) is 0 Å². The highest BCUT2D eigenvalue weighted by Crippen LogP contribution is 2.43. The molecule has 2 aliphatic rings. The van der Waals surface area contributed by atoms with Gasteiger partial charge in [-0.05, 0) is 56.0 Å². The summed E-state index contributed by atoms with van der Waals surface area (Å²) in [5, 5.41) is 2.63. The van der Waals surface area contributed by atoms with E-state index >= 15 is 0 Å². The Hall–Kier alpha value is -3.79. The number of amides is 1. The number of nitrogens with zero attached hydrogens (tertiary/aromatic N) is 3. The van der Waals surface area contributed by atoms with Crippen molar-refractivity contribution >= 4 is 41.0 Å². The summed E-state index contributed by atoms with van der Waals surface area (Å²) in [7, 11) is 1.55. The van der Waals surface area contributed by atoms with E-state index in [1.165, 1.54) is 0 Å². The number of benzene rings is 2. The average molecular weight is 599 g/mol. The number of amidine groups is 1. The van der Waals surface area contributed by atoms with Gasteiger partial charge in [0.1, 0.15) is 24.1 Å². The third-order valence-electron chi connectivity index (χ3n) is 7.48. The van der Waals surface area contributed by atoms with E-state index in [1.807, 2.05) is 17.9 Å². The lowest BCUT2D eigenvalue weighted by Gasteiger charge is -2.37. The first-order valence-electron chi connectivity index (χ1n) is 14.2. The predicted octanol–water partition coefficient (Wildman–Crippen LogP) is 4.49. The van der Waals surface area contributed by atoms with Crippen molar-refractivity contribution in [2.75, 3.05) is 44.9 Å². The summed E-state index contributed by atoms with van der Waals surface area (Å²) in [6, 6.07) is 6.62.